The number of carbonyl (C=O) groups excluding carboxylic acids is 1. The molecule has 0 amide bonds. The molecule has 0 aliphatic carbocycles. The van der Waals surface area contributed by atoms with Gasteiger partial charge in [0.15, 0.2) is 0 Å². The fourth-order valence-electron chi connectivity index (χ4n) is 2.43. The summed E-state index contributed by atoms with van der Waals surface area (Å²) in [5.41, 5.74) is 0.0855. The van der Waals surface area contributed by atoms with Crippen molar-refractivity contribution in [3.8, 4) is 6.07 Å². The van der Waals surface area contributed by atoms with Gasteiger partial charge in [0, 0.05) is 0 Å². The van der Waals surface area contributed by atoms with Gasteiger partial charge < -0.3 is 4.74 Å². The van der Waals surface area contributed by atoms with Gasteiger partial charge in [0.25, 0.3) is 0 Å². The van der Waals surface area contributed by atoms with Crippen LogP contribution in [-0.4, -0.2) is 12.6 Å². The van der Waals surface area contributed by atoms with Crippen LogP contribution in [0.5, 0.6) is 0 Å². The summed E-state index contributed by atoms with van der Waals surface area (Å²) in [5.74, 6) is -0.777. The summed E-state index contributed by atoms with van der Waals surface area (Å²) in [4.78, 5) is 12.0. The first-order valence-corrected chi connectivity index (χ1v) is 6.75. The fraction of sp³-hybridized carbons (Fsp3) is 0.500. The standard InChI is InChI=1S/C16H21NO2/c1-4-11-16(12-17,13(3)15(18)19-5-2)14-9-7-6-8-10-14/h6-10,13H,4-5,11H2,1-3H3/t13-,16+/m1/s1. The summed E-state index contributed by atoms with van der Waals surface area (Å²) in [6, 6.07) is 11.9. The van der Waals surface area contributed by atoms with E-state index in [1.807, 2.05) is 37.3 Å². The second-order valence-corrected chi connectivity index (χ2v) is 4.67. The Labute approximate surface area is 115 Å². The molecule has 0 aliphatic heterocycles. The van der Waals surface area contributed by atoms with Gasteiger partial charge in [0.1, 0.15) is 0 Å². The number of rotatable bonds is 6. The highest BCUT2D eigenvalue weighted by molar-refractivity contribution is 5.75. The molecule has 2 atom stereocenters. The zero-order valence-electron chi connectivity index (χ0n) is 11.8. The number of ether oxygens (including phenoxy) is 1. The number of nitriles is 1. The molecule has 0 heterocycles. The van der Waals surface area contributed by atoms with Crippen LogP contribution in [0.1, 0.15) is 39.2 Å². The Hall–Kier alpha value is -1.82. The van der Waals surface area contributed by atoms with E-state index in [-0.39, 0.29) is 5.97 Å². The van der Waals surface area contributed by atoms with E-state index in [0.29, 0.717) is 13.0 Å². The lowest BCUT2D eigenvalue weighted by atomic mass is 9.69. The van der Waals surface area contributed by atoms with E-state index >= 15 is 0 Å². The highest BCUT2D eigenvalue weighted by Gasteiger charge is 2.42. The molecule has 0 radical (unpaired) electrons. The summed E-state index contributed by atoms with van der Waals surface area (Å²) < 4.78 is 5.09. The van der Waals surface area contributed by atoms with E-state index in [1.54, 1.807) is 13.8 Å². The third kappa shape index (κ3) is 3.14. The third-order valence-electron chi connectivity index (χ3n) is 3.51. The molecule has 19 heavy (non-hydrogen) atoms. The van der Waals surface area contributed by atoms with Crippen molar-refractivity contribution in [2.75, 3.05) is 6.61 Å². The van der Waals surface area contributed by atoms with E-state index in [1.165, 1.54) is 0 Å². The van der Waals surface area contributed by atoms with Crippen molar-refractivity contribution in [3.05, 3.63) is 35.9 Å². The molecule has 0 aliphatic rings. The highest BCUT2D eigenvalue weighted by Crippen LogP contribution is 2.37. The van der Waals surface area contributed by atoms with E-state index in [2.05, 4.69) is 6.07 Å². The molecule has 0 fully saturated rings. The minimum Gasteiger partial charge on any atom is -0.466 e. The van der Waals surface area contributed by atoms with Gasteiger partial charge in [0.05, 0.1) is 24.0 Å². The quantitative estimate of drug-likeness (QED) is 0.735. The van der Waals surface area contributed by atoms with Crippen molar-refractivity contribution >= 4 is 5.97 Å². The van der Waals surface area contributed by atoms with Crippen LogP contribution in [0.15, 0.2) is 30.3 Å². The monoisotopic (exact) mass is 259 g/mol. The zero-order valence-corrected chi connectivity index (χ0v) is 11.8. The maximum Gasteiger partial charge on any atom is 0.310 e. The van der Waals surface area contributed by atoms with Crippen molar-refractivity contribution in [3.63, 3.8) is 0 Å². The van der Waals surface area contributed by atoms with Gasteiger partial charge in [-0.1, -0.05) is 50.6 Å². The van der Waals surface area contributed by atoms with Crippen LogP contribution in [0.4, 0.5) is 0 Å². The summed E-state index contributed by atoms with van der Waals surface area (Å²) in [7, 11) is 0. The predicted molar refractivity (Wildman–Crippen MR) is 74.4 cm³/mol. The fourth-order valence-corrected chi connectivity index (χ4v) is 2.43. The summed E-state index contributed by atoms with van der Waals surface area (Å²) >= 11 is 0. The van der Waals surface area contributed by atoms with E-state index in [0.717, 1.165) is 12.0 Å². The van der Waals surface area contributed by atoms with Gasteiger partial charge in [-0.05, 0) is 18.9 Å². The number of hydrogen-bond donors (Lipinski definition) is 0. The summed E-state index contributed by atoms with van der Waals surface area (Å²) in [5, 5.41) is 9.69. The Morgan fingerprint density at radius 2 is 2.00 bits per heavy atom. The normalized spacial score (nSPS) is 15.1. The van der Waals surface area contributed by atoms with E-state index in [9.17, 15) is 10.1 Å². The van der Waals surface area contributed by atoms with E-state index in [4.69, 9.17) is 4.74 Å². The lowest BCUT2D eigenvalue weighted by Crippen LogP contribution is -2.38. The molecule has 0 N–H and O–H groups in total. The first-order chi connectivity index (χ1) is 9.12. The number of hydrogen-bond acceptors (Lipinski definition) is 3. The molecule has 0 saturated heterocycles. The molecule has 1 aromatic carbocycles. The largest absolute Gasteiger partial charge is 0.466 e. The lowest BCUT2D eigenvalue weighted by molar-refractivity contribution is -0.149. The third-order valence-corrected chi connectivity index (χ3v) is 3.51. The SMILES string of the molecule is CCC[C@@](C#N)(c1ccccc1)[C@H](C)C(=O)OCC. The second-order valence-electron chi connectivity index (χ2n) is 4.67. The van der Waals surface area contributed by atoms with Crippen molar-refractivity contribution in [2.45, 2.75) is 39.0 Å². The Bertz CT molecular complexity index is 450. The van der Waals surface area contributed by atoms with Crippen LogP contribution in [0, 0.1) is 17.2 Å². The molecule has 0 bridgehead atoms. The van der Waals surface area contributed by atoms with Crippen LogP contribution in [0.3, 0.4) is 0 Å². The minimum atomic E-state index is -0.803. The number of esters is 1. The average molecular weight is 259 g/mol. The molecule has 0 unspecified atom stereocenters. The molecule has 3 heteroatoms. The molecule has 3 nitrogen and oxygen atoms in total. The molecule has 0 aromatic heterocycles. The van der Waals surface area contributed by atoms with Crippen molar-refractivity contribution in [1.82, 2.24) is 0 Å². The zero-order chi connectivity index (χ0) is 14.3. The molecule has 1 rings (SSSR count). The van der Waals surface area contributed by atoms with Gasteiger partial charge in [-0.2, -0.15) is 5.26 Å². The maximum atomic E-state index is 12.0. The van der Waals surface area contributed by atoms with Crippen LogP contribution < -0.4 is 0 Å². The van der Waals surface area contributed by atoms with Gasteiger partial charge >= 0.3 is 5.97 Å². The van der Waals surface area contributed by atoms with Gasteiger partial charge in [-0.15, -0.1) is 0 Å². The van der Waals surface area contributed by atoms with Crippen LogP contribution >= 0.6 is 0 Å². The summed E-state index contributed by atoms with van der Waals surface area (Å²) in [6.07, 6.45) is 1.49. The molecule has 0 spiro atoms. The smallest absolute Gasteiger partial charge is 0.310 e. The van der Waals surface area contributed by atoms with Gasteiger partial charge in [-0.25, -0.2) is 0 Å². The van der Waals surface area contributed by atoms with Crippen LogP contribution in [-0.2, 0) is 14.9 Å². The average Bonchev–Trinajstić information content (AvgIpc) is 2.45. The summed E-state index contributed by atoms with van der Waals surface area (Å²) in [6.45, 7) is 5.92. The molecule has 0 saturated carbocycles. The van der Waals surface area contributed by atoms with Crippen LogP contribution in [0.25, 0.3) is 0 Å². The Balaban J connectivity index is 3.20. The Morgan fingerprint density at radius 3 is 2.47 bits per heavy atom. The predicted octanol–water partition coefficient (Wildman–Crippen LogP) is 3.45. The van der Waals surface area contributed by atoms with Crippen molar-refractivity contribution in [2.24, 2.45) is 5.92 Å². The van der Waals surface area contributed by atoms with Crippen molar-refractivity contribution < 1.29 is 9.53 Å². The van der Waals surface area contributed by atoms with Crippen molar-refractivity contribution in [1.29, 1.82) is 5.26 Å². The topological polar surface area (TPSA) is 50.1 Å². The molecule has 102 valence electrons. The lowest BCUT2D eigenvalue weighted by Gasteiger charge is -2.31. The molecule has 1 aromatic rings. The molecular formula is C16H21NO2. The number of carbonyl (C=O) groups is 1. The molecular weight excluding hydrogens is 238 g/mol. The van der Waals surface area contributed by atoms with E-state index < -0.39 is 11.3 Å². The Kier molecular flexibility index (Phi) is 5.57. The van der Waals surface area contributed by atoms with Gasteiger partial charge in [-0.3, -0.25) is 4.79 Å². The first kappa shape index (κ1) is 15.2. The number of nitrogens with zero attached hydrogens (tertiary/aromatic N) is 1. The second kappa shape index (κ2) is 6.94. The Morgan fingerprint density at radius 1 is 1.37 bits per heavy atom. The van der Waals surface area contributed by atoms with Crippen LogP contribution in [0.2, 0.25) is 0 Å². The maximum absolute atomic E-state index is 12.0. The van der Waals surface area contributed by atoms with Gasteiger partial charge in [0.2, 0.25) is 0 Å². The first-order valence-electron chi connectivity index (χ1n) is 6.75. The number of benzene rings is 1. The minimum absolute atomic E-state index is 0.304. The highest BCUT2D eigenvalue weighted by atomic mass is 16.5.